The van der Waals surface area contributed by atoms with E-state index >= 15 is 0 Å². The van der Waals surface area contributed by atoms with Gasteiger partial charge in [0.15, 0.2) is 12.4 Å². The Labute approximate surface area is 119 Å². The lowest BCUT2D eigenvalue weighted by Gasteiger charge is -2.16. The van der Waals surface area contributed by atoms with Gasteiger partial charge < -0.3 is 9.47 Å². The molecular weight excluding hydrogens is 260 g/mol. The molecule has 0 unspecified atom stereocenters. The molecule has 0 aliphatic carbocycles. The van der Waals surface area contributed by atoms with E-state index in [0.717, 1.165) is 5.56 Å². The Hall–Kier alpha value is -1.85. The van der Waals surface area contributed by atoms with Crippen molar-refractivity contribution in [1.29, 1.82) is 0 Å². The van der Waals surface area contributed by atoms with E-state index in [1.54, 1.807) is 33.9 Å². The van der Waals surface area contributed by atoms with Crippen LogP contribution in [0.25, 0.3) is 0 Å². The molecule has 0 saturated heterocycles. The van der Waals surface area contributed by atoms with Crippen LogP contribution in [-0.2, 0) is 27.4 Å². The van der Waals surface area contributed by atoms with Gasteiger partial charge in [0.1, 0.15) is 0 Å². The maximum absolute atomic E-state index is 11.7. The molecule has 0 saturated carbocycles. The van der Waals surface area contributed by atoms with Gasteiger partial charge in [-0.3, -0.25) is 4.79 Å². The summed E-state index contributed by atoms with van der Waals surface area (Å²) in [5.41, 5.74) is 0.487. The van der Waals surface area contributed by atoms with Crippen LogP contribution in [0.2, 0.25) is 0 Å². The molecule has 1 aromatic rings. The van der Waals surface area contributed by atoms with Crippen LogP contribution in [0.5, 0.6) is 0 Å². The van der Waals surface area contributed by atoms with Crippen molar-refractivity contribution in [1.82, 2.24) is 9.78 Å². The van der Waals surface area contributed by atoms with Crippen LogP contribution < -0.4 is 0 Å². The second-order valence-electron chi connectivity index (χ2n) is 5.43. The summed E-state index contributed by atoms with van der Waals surface area (Å²) >= 11 is 0. The first-order chi connectivity index (χ1) is 9.29. The quantitative estimate of drug-likeness (QED) is 0.774. The molecule has 0 atom stereocenters. The van der Waals surface area contributed by atoms with Crippen LogP contribution in [0.3, 0.4) is 0 Å². The van der Waals surface area contributed by atoms with E-state index in [0.29, 0.717) is 13.0 Å². The van der Waals surface area contributed by atoms with Crippen LogP contribution >= 0.6 is 0 Å². The Bertz CT molecular complexity index is 486. The summed E-state index contributed by atoms with van der Waals surface area (Å²) < 4.78 is 11.5. The van der Waals surface area contributed by atoms with E-state index < -0.39 is 11.4 Å². The van der Waals surface area contributed by atoms with Crippen LogP contribution in [0.1, 0.15) is 50.7 Å². The highest BCUT2D eigenvalue weighted by Crippen LogP contribution is 2.16. The van der Waals surface area contributed by atoms with Crippen LogP contribution in [0.4, 0.5) is 0 Å². The second-order valence-corrected chi connectivity index (χ2v) is 5.43. The van der Waals surface area contributed by atoms with E-state index in [2.05, 4.69) is 5.10 Å². The molecule has 0 bridgehead atoms. The van der Waals surface area contributed by atoms with Crippen molar-refractivity contribution in [2.24, 2.45) is 5.41 Å². The lowest BCUT2D eigenvalue weighted by atomic mass is 9.98. The molecule has 0 radical (unpaired) electrons. The Morgan fingerprint density at radius 2 is 1.90 bits per heavy atom. The zero-order valence-electron chi connectivity index (χ0n) is 12.7. The molecular formula is C14H22N2O4. The molecule has 6 heteroatoms. The predicted octanol–water partition coefficient (Wildman–Crippen LogP) is 2.17. The first-order valence-corrected chi connectivity index (χ1v) is 6.70. The Morgan fingerprint density at radius 1 is 1.25 bits per heavy atom. The third kappa shape index (κ3) is 4.08. The van der Waals surface area contributed by atoms with Gasteiger partial charge in [0, 0.05) is 11.8 Å². The zero-order chi connectivity index (χ0) is 15.3. The molecule has 0 N–H and O–H groups in total. The SMILES string of the molecule is CCOC(=O)c1nn(COC(=O)C(C)(C)C)cc1CC. The molecule has 1 aromatic heterocycles. The monoisotopic (exact) mass is 282 g/mol. The number of hydrogen-bond donors (Lipinski definition) is 0. The van der Waals surface area contributed by atoms with Gasteiger partial charge in [0.25, 0.3) is 0 Å². The first kappa shape index (κ1) is 16.2. The molecule has 6 nitrogen and oxygen atoms in total. The number of aromatic nitrogens is 2. The van der Waals surface area contributed by atoms with Gasteiger partial charge in [0.05, 0.1) is 12.0 Å². The highest BCUT2D eigenvalue weighted by Gasteiger charge is 2.23. The van der Waals surface area contributed by atoms with Crippen molar-refractivity contribution >= 4 is 11.9 Å². The average molecular weight is 282 g/mol. The van der Waals surface area contributed by atoms with Gasteiger partial charge in [-0.25, -0.2) is 9.48 Å². The maximum atomic E-state index is 11.7. The van der Waals surface area contributed by atoms with Gasteiger partial charge >= 0.3 is 11.9 Å². The van der Waals surface area contributed by atoms with Crippen LogP contribution in [0, 0.1) is 5.41 Å². The Balaban J connectivity index is 2.78. The van der Waals surface area contributed by atoms with Crippen molar-refractivity contribution in [2.75, 3.05) is 6.61 Å². The van der Waals surface area contributed by atoms with Gasteiger partial charge in [-0.1, -0.05) is 6.92 Å². The number of nitrogens with zero attached hydrogens (tertiary/aromatic N) is 2. The fraction of sp³-hybridized carbons (Fsp3) is 0.643. The minimum Gasteiger partial charge on any atom is -0.461 e. The fourth-order valence-corrected chi connectivity index (χ4v) is 1.50. The molecule has 20 heavy (non-hydrogen) atoms. The largest absolute Gasteiger partial charge is 0.461 e. The summed E-state index contributed by atoms with van der Waals surface area (Å²) in [7, 11) is 0. The highest BCUT2D eigenvalue weighted by atomic mass is 16.5. The third-order valence-corrected chi connectivity index (χ3v) is 2.63. The number of carbonyl (C=O) groups excluding carboxylic acids is 2. The summed E-state index contributed by atoms with van der Waals surface area (Å²) in [6.07, 6.45) is 2.35. The van der Waals surface area contributed by atoms with Crippen molar-refractivity contribution < 1.29 is 19.1 Å². The number of esters is 2. The third-order valence-electron chi connectivity index (χ3n) is 2.63. The van der Waals surface area contributed by atoms with Crippen molar-refractivity contribution in [3.8, 4) is 0 Å². The number of carbonyl (C=O) groups is 2. The topological polar surface area (TPSA) is 70.4 Å². The average Bonchev–Trinajstić information content (AvgIpc) is 2.78. The fourth-order valence-electron chi connectivity index (χ4n) is 1.50. The summed E-state index contributed by atoms with van der Waals surface area (Å²) in [4.78, 5) is 23.4. The highest BCUT2D eigenvalue weighted by molar-refractivity contribution is 5.88. The number of hydrogen-bond acceptors (Lipinski definition) is 5. The second kappa shape index (κ2) is 6.54. The minimum atomic E-state index is -0.565. The number of aryl methyl sites for hydroxylation is 1. The molecule has 0 aliphatic rings. The first-order valence-electron chi connectivity index (χ1n) is 6.70. The smallest absolute Gasteiger partial charge is 0.359 e. The van der Waals surface area contributed by atoms with Crippen LogP contribution in [0.15, 0.2) is 6.20 Å². The Morgan fingerprint density at radius 3 is 2.40 bits per heavy atom. The maximum Gasteiger partial charge on any atom is 0.359 e. The predicted molar refractivity (Wildman–Crippen MR) is 73.1 cm³/mol. The normalized spacial score (nSPS) is 11.2. The lowest BCUT2D eigenvalue weighted by molar-refractivity contribution is -0.157. The van der Waals surface area contributed by atoms with E-state index in [1.165, 1.54) is 4.68 Å². The van der Waals surface area contributed by atoms with Gasteiger partial charge in [-0.2, -0.15) is 5.10 Å². The van der Waals surface area contributed by atoms with Crippen molar-refractivity contribution in [3.05, 3.63) is 17.5 Å². The molecule has 1 heterocycles. The summed E-state index contributed by atoms with van der Waals surface area (Å²) in [5.74, 6) is -0.769. The molecule has 112 valence electrons. The summed E-state index contributed by atoms with van der Waals surface area (Å²) in [5, 5.41) is 4.12. The number of rotatable bonds is 5. The van der Waals surface area contributed by atoms with E-state index in [1.807, 2.05) is 6.92 Å². The molecule has 0 spiro atoms. The van der Waals surface area contributed by atoms with Gasteiger partial charge in [-0.15, -0.1) is 0 Å². The summed E-state index contributed by atoms with van der Waals surface area (Å²) in [6.45, 7) is 9.28. The van der Waals surface area contributed by atoms with Gasteiger partial charge in [-0.05, 0) is 34.1 Å². The standard InChI is InChI=1S/C14H22N2O4/c1-6-10-8-16(9-20-13(18)14(3,4)5)15-11(10)12(17)19-7-2/h8H,6-7,9H2,1-5H3. The van der Waals surface area contributed by atoms with Gasteiger partial charge in [0.2, 0.25) is 0 Å². The van der Waals surface area contributed by atoms with Crippen LogP contribution in [-0.4, -0.2) is 28.3 Å². The summed E-state index contributed by atoms with van der Waals surface area (Å²) in [6, 6.07) is 0. The Kier molecular flexibility index (Phi) is 5.30. The van der Waals surface area contributed by atoms with E-state index in [9.17, 15) is 9.59 Å². The van der Waals surface area contributed by atoms with E-state index in [4.69, 9.17) is 9.47 Å². The molecule has 1 rings (SSSR count). The zero-order valence-corrected chi connectivity index (χ0v) is 12.7. The van der Waals surface area contributed by atoms with Crippen molar-refractivity contribution in [3.63, 3.8) is 0 Å². The van der Waals surface area contributed by atoms with E-state index in [-0.39, 0.29) is 18.4 Å². The molecule has 0 amide bonds. The molecule has 0 fully saturated rings. The minimum absolute atomic E-state index is 0.0114. The number of ether oxygens (including phenoxy) is 2. The van der Waals surface area contributed by atoms with Crippen molar-refractivity contribution in [2.45, 2.75) is 47.8 Å². The molecule has 0 aliphatic heterocycles. The lowest BCUT2D eigenvalue weighted by Crippen LogP contribution is -2.24. The molecule has 0 aromatic carbocycles.